The van der Waals surface area contributed by atoms with Gasteiger partial charge in [-0.1, -0.05) is 23.7 Å². The molecule has 6 nitrogen and oxygen atoms in total. The second-order valence-electron chi connectivity index (χ2n) is 8.28. The van der Waals surface area contributed by atoms with E-state index >= 15 is 0 Å². The lowest BCUT2D eigenvalue weighted by Crippen LogP contribution is -2.44. The van der Waals surface area contributed by atoms with Gasteiger partial charge in [0.05, 0.1) is 24.3 Å². The molecule has 1 unspecified atom stereocenters. The zero-order valence-electron chi connectivity index (χ0n) is 17.1. The first-order valence-corrected chi connectivity index (χ1v) is 11.0. The largest absolute Gasteiger partial charge is 0.378 e. The third-order valence-electron chi connectivity index (χ3n) is 6.41. The summed E-state index contributed by atoms with van der Waals surface area (Å²) in [5.41, 5.74) is 11.0. The van der Waals surface area contributed by atoms with Gasteiger partial charge in [-0.15, -0.1) is 0 Å². The number of halogens is 1. The fraction of sp³-hybridized carbons (Fsp3) is 0.333. The van der Waals surface area contributed by atoms with Crippen molar-refractivity contribution in [2.24, 2.45) is 11.7 Å². The van der Waals surface area contributed by atoms with E-state index < -0.39 is 5.91 Å². The molecule has 2 heterocycles. The van der Waals surface area contributed by atoms with Gasteiger partial charge < -0.3 is 20.4 Å². The highest BCUT2D eigenvalue weighted by Crippen LogP contribution is 2.37. The van der Waals surface area contributed by atoms with E-state index in [9.17, 15) is 9.59 Å². The van der Waals surface area contributed by atoms with Crippen molar-refractivity contribution in [3.8, 4) is 11.1 Å². The van der Waals surface area contributed by atoms with Crippen LogP contribution in [0.2, 0.25) is 5.02 Å². The third-order valence-corrected chi connectivity index (χ3v) is 6.66. The molecule has 3 N–H and O–H groups in total. The van der Waals surface area contributed by atoms with Crippen LogP contribution in [0.5, 0.6) is 0 Å². The number of primary amides is 1. The Bertz CT molecular complexity index is 1160. The number of nitrogens with zero attached hydrogens (tertiary/aromatic N) is 1. The summed E-state index contributed by atoms with van der Waals surface area (Å²) in [6.45, 7) is 2.51. The molecule has 7 heteroatoms. The van der Waals surface area contributed by atoms with Crippen LogP contribution in [0, 0.1) is 5.92 Å². The lowest BCUT2D eigenvalue weighted by Gasteiger charge is -2.32. The van der Waals surface area contributed by atoms with Gasteiger partial charge >= 0.3 is 0 Å². The van der Waals surface area contributed by atoms with Crippen molar-refractivity contribution in [2.75, 3.05) is 26.3 Å². The van der Waals surface area contributed by atoms with E-state index in [4.69, 9.17) is 22.1 Å². The topological polar surface area (TPSA) is 88.4 Å². The number of H-pyrrole nitrogens is 1. The van der Waals surface area contributed by atoms with Gasteiger partial charge in [0.25, 0.3) is 5.91 Å². The molecule has 0 radical (unpaired) electrons. The van der Waals surface area contributed by atoms with Crippen molar-refractivity contribution in [3.63, 3.8) is 0 Å². The van der Waals surface area contributed by atoms with Gasteiger partial charge in [0, 0.05) is 35.1 Å². The number of nitrogens with one attached hydrogen (secondary N) is 1. The van der Waals surface area contributed by atoms with Gasteiger partial charge in [-0.25, -0.2) is 0 Å². The van der Waals surface area contributed by atoms with Crippen LogP contribution in [-0.2, 0) is 22.4 Å². The Morgan fingerprint density at radius 1 is 1.10 bits per heavy atom. The number of morpholine rings is 1. The quantitative estimate of drug-likeness (QED) is 0.656. The summed E-state index contributed by atoms with van der Waals surface area (Å²) in [4.78, 5) is 30.7. The van der Waals surface area contributed by atoms with E-state index in [-0.39, 0.29) is 11.8 Å². The molecular formula is C24H24ClN3O3. The van der Waals surface area contributed by atoms with Crippen LogP contribution in [0.4, 0.5) is 0 Å². The average Bonchev–Trinajstić information content (AvgIpc) is 3.16. The molecule has 2 aromatic carbocycles. The number of aromatic amines is 1. The molecule has 1 saturated heterocycles. The second kappa shape index (κ2) is 8.02. The van der Waals surface area contributed by atoms with Crippen molar-refractivity contribution in [1.82, 2.24) is 9.88 Å². The monoisotopic (exact) mass is 437 g/mol. The molecule has 31 heavy (non-hydrogen) atoms. The third kappa shape index (κ3) is 3.70. The first-order chi connectivity index (χ1) is 15.0. The number of ether oxygens (including phenoxy) is 1. The van der Waals surface area contributed by atoms with Crippen molar-refractivity contribution in [1.29, 1.82) is 0 Å². The number of aromatic nitrogens is 1. The predicted octanol–water partition coefficient (Wildman–Crippen LogP) is 3.55. The van der Waals surface area contributed by atoms with Crippen LogP contribution in [0.3, 0.4) is 0 Å². The Kier molecular flexibility index (Phi) is 5.20. The van der Waals surface area contributed by atoms with Gasteiger partial charge in [-0.3, -0.25) is 9.59 Å². The van der Waals surface area contributed by atoms with Gasteiger partial charge in [0.2, 0.25) is 5.91 Å². The number of hydrogen-bond donors (Lipinski definition) is 2. The van der Waals surface area contributed by atoms with E-state index in [2.05, 4.69) is 11.1 Å². The van der Waals surface area contributed by atoms with Crippen LogP contribution in [-0.4, -0.2) is 48.0 Å². The Morgan fingerprint density at radius 3 is 2.55 bits per heavy atom. The van der Waals surface area contributed by atoms with Gasteiger partial charge in [0.1, 0.15) is 0 Å². The standard InChI is InChI=1S/C24H24ClN3O3/c25-17-4-1-14(2-5-17)16-12-19-18-11-15(24(30)28-7-9-31-10-8-28)3-6-21(18)27-22(19)20(13-16)23(26)29/h1-2,4-5,12-13,15,27H,3,6-11H2,(H2,26,29). The lowest BCUT2D eigenvalue weighted by atomic mass is 9.84. The minimum Gasteiger partial charge on any atom is -0.378 e. The predicted molar refractivity (Wildman–Crippen MR) is 120 cm³/mol. The maximum Gasteiger partial charge on any atom is 0.250 e. The molecule has 0 bridgehead atoms. The first-order valence-electron chi connectivity index (χ1n) is 10.6. The summed E-state index contributed by atoms with van der Waals surface area (Å²) < 4.78 is 5.39. The molecule has 1 aliphatic heterocycles. The Labute approximate surface area is 185 Å². The summed E-state index contributed by atoms with van der Waals surface area (Å²) >= 11 is 6.04. The molecule has 1 aliphatic carbocycles. The molecule has 5 rings (SSSR count). The summed E-state index contributed by atoms with van der Waals surface area (Å²) in [6, 6.07) is 11.4. The van der Waals surface area contributed by atoms with E-state index in [0.29, 0.717) is 43.3 Å². The van der Waals surface area contributed by atoms with E-state index in [1.807, 2.05) is 35.2 Å². The Hall–Kier alpha value is -2.83. The highest BCUT2D eigenvalue weighted by Gasteiger charge is 2.31. The first kappa shape index (κ1) is 20.1. The van der Waals surface area contributed by atoms with Crippen molar-refractivity contribution < 1.29 is 14.3 Å². The molecule has 0 saturated carbocycles. The number of carbonyl (C=O) groups excluding carboxylic acids is 2. The molecule has 1 atom stereocenters. The molecule has 0 spiro atoms. The normalized spacial score (nSPS) is 18.7. The fourth-order valence-electron chi connectivity index (χ4n) is 4.77. The second-order valence-corrected chi connectivity index (χ2v) is 8.71. The molecule has 2 aliphatic rings. The molecule has 160 valence electrons. The molecule has 3 aromatic rings. The number of rotatable bonds is 3. The van der Waals surface area contributed by atoms with E-state index in [1.54, 1.807) is 0 Å². The SMILES string of the molecule is NC(=O)c1cc(-c2ccc(Cl)cc2)cc2c3c([nH]c12)CCC(C(=O)N1CCOCC1)C3. The number of benzene rings is 2. The number of carbonyl (C=O) groups is 2. The highest BCUT2D eigenvalue weighted by molar-refractivity contribution is 6.30. The van der Waals surface area contributed by atoms with Gasteiger partial charge in [-0.05, 0) is 60.2 Å². The Morgan fingerprint density at radius 2 is 1.84 bits per heavy atom. The maximum absolute atomic E-state index is 13.1. The molecular weight excluding hydrogens is 414 g/mol. The lowest BCUT2D eigenvalue weighted by molar-refractivity contribution is -0.140. The number of aryl methyl sites for hydroxylation is 1. The number of fused-ring (bicyclic) bond motifs is 3. The number of amides is 2. The van der Waals surface area contributed by atoms with E-state index in [1.165, 1.54) is 0 Å². The van der Waals surface area contributed by atoms with Crippen LogP contribution >= 0.6 is 11.6 Å². The van der Waals surface area contributed by atoms with Crippen molar-refractivity contribution in [3.05, 3.63) is 58.2 Å². The zero-order chi connectivity index (χ0) is 21.5. The van der Waals surface area contributed by atoms with Crippen molar-refractivity contribution in [2.45, 2.75) is 19.3 Å². The van der Waals surface area contributed by atoms with Gasteiger partial charge in [0.15, 0.2) is 0 Å². The van der Waals surface area contributed by atoms with Gasteiger partial charge in [-0.2, -0.15) is 0 Å². The average molecular weight is 438 g/mol. The van der Waals surface area contributed by atoms with E-state index in [0.717, 1.165) is 46.1 Å². The summed E-state index contributed by atoms with van der Waals surface area (Å²) in [5.74, 6) is -0.326. The molecule has 1 fully saturated rings. The smallest absolute Gasteiger partial charge is 0.250 e. The Balaban J connectivity index is 1.56. The van der Waals surface area contributed by atoms with Crippen molar-refractivity contribution >= 4 is 34.3 Å². The summed E-state index contributed by atoms with van der Waals surface area (Å²) in [6.07, 6.45) is 2.24. The summed E-state index contributed by atoms with van der Waals surface area (Å²) in [5, 5.41) is 1.62. The van der Waals surface area contributed by atoms with Crippen LogP contribution in [0.25, 0.3) is 22.0 Å². The number of nitrogens with two attached hydrogens (primary N) is 1. The summed E-state index contributed by atoms with van der Waals surface area (Å²) in [7, 11) is 0. The molecule has 1 aromatic heterocycles. The zero-order valence-corrected chi connectivity index (χ0v) is 17.9. The maximum atomic E-state index is 13.1. The van der Waals surface area contributed by atoms with Crippen LogP contribution in [0.1, 0.15) is 28.0 Å². The minimum absolute atomic E-state index is 0.0548. The fourth-order valence-corrected chi connectivity index (χ4v) is 4.90. The van der Waals surface area contributed by atoms with Crippen LogP contribution < -0.4 is 5.73 Å². The highest BCUT2D eigenvalue weighted by atomic mass is 35.5. The molecule has 2 amide bonds. The van der Waals surface area contributed by atoms with Crippen LogP contribution in [0.15, 0.2) is 36.4 Å². The number of hydrogen-bond acceptors (Lipinski definition) is 3. The minimum atomic E-state index is -0.472.